The summed E-state index contributed by atoms with van der Waals surface area (Å²) in [4.78, 5) is 29.0. The first-order chi connectivity index (χ1) is 16.0. The molecule has 0 aliphatic heterocycles. The molecule has 166 valence electrons. The summed E-state index contributed by atoms with van der Waals surface area (Å²) in [6.07, 6.45) is 0. The normalized spacial score (nSPS) is 10.6. The third kappa shape index (κ3) is 4.45. The summed E-state index contributed by atoms with van der Waals surface area (Å²) < 4.78 is 10.8. The number of pyridine rings is 1. The van der Waals surface area contributed by atoms with Crippen LogP contribution in [0.4, 0.5) is 11.4 Å². The molecule has 0 radical (unpaired) electrons. The molecule has 0 aliphatic carbocycles. The first-order valence-electron chi connectivity index (χ1n) is 10.3. The topological polar surface area (TPSA) is 104 Å². The first-order valence-corrected chi connectivity index (χ1v) is 10.3. The van der Waals surface area contributed by atoms with E-state index in [-0.39, 0.29) is 11.4 Å². The lowest BCUT2D eigenvalue weighted by molar-refractivity contribution is -0.384. The molecule has 0 spiro atoms. The van der Waals surface area contributed by atoms with Crippen molar-refractivity contribution < 1.29 is 19.2 Å². The largest absolute Gasteiger partial charge is 0.496 e. The first kappa shape index (κ1) is 21.8. The van der Waals surface area contributed by atoms with Crippen molar-refractivity contribution in [3.8, 4) is 22.8 Å². The fourth-order valence-corrected chi connectivity index (χ4v) is 3.55. The molecule has 1 N–H and O–H groups in total. The SMILES string of the molecule is CCOc1ccccc1-c1cc(C(=O)Nc2ccc(OC)cc2[N+](=O)[O-])c2ccccc2n1. The Kier molecular flexibility index (Phi) is 6.17. The summed E-state index contributed by atoms with van der Waals surface area (Å²) in [6.45, 7) is 2.38. The van der Waals surface area contributed by atoms with E-state index in [2.05, 4.69) is 5.32 Å². The Bertz CT molecular complexity index is 1350. The van der Waals surface area contributed by atoms with Crippen LogP contribution >= 0.6 is 0 Å². The zero-order chi connectivity index (χ0) is 23.4. The van der Waals surface area contributed by atoms with E-state index in [1.165, 1.54) is 19.2 Å². The van der Waals surface area contributed by atoms with E-state index >= 15 is 0 Å². The van der Waals surface area contributed by atoms with E-state index in [4.69, 9.17) is 14.5 Å². The van der Waals surface area contributed by atoms with Crippen LogP contribution in [0.15, 0.2) is 72.8 Å². The molecule has 3 aromatic carbocycles. The van der Waals surface area contributed by atoms with E-state index in [0.29, 0.717) is 40.3 Å². The molecule has 8 heteroatoms. The fourth-order valence-electron chi connectivity index (χ4n) is 3.55. The Morgan fingerprint density at radius 2 is 1.82 bits per heavy atom. The number of nitro groups is 1. The van der Waals surface area contributed by atoms with Crippen molar-refractivity contribution in [1.29, 1.82) is 0 Å². The molecule has 1 aromatic heterocycles. The van der Waals surface area contributed by atoms with Gasteiger partial charge in [0.2, 0.25) is 0 Å². The number of ether oxygens (including phenoxy) is 2. The van der Waals surface area contributed by atoms with Crippen molar-refractivity contribution >= 4 is 28.2 Å². The number of para-hydroxylation sites is 2. The predicted octanol–water partition coefficient (Wildman–Crippen LogP) is 5.47. The lowest BCUT2D eigenvalue weighted by Gasteiger charge is -2.13. The molecule has 0 aliphatic rings. The summed E-state index contributed by atoms with van der Waals surface area (Å²) in [6, 6.07) is 20.6. The van der Waals surface area contributed by atoms with Crippen LogP contribution in [0.5, 0.6) is 11.5 Å². The molecule has 4 rings (SSSR count). The molecule has 0 unspecified atom stereocenters. The van der Waals surface area contributed by atoms with Crippen LogP contribution in [0.25, 0.3) is 22.2 Å². The zero-order valence-electron chi connectivity index (χ0n) is 18.1. The van der Waals surface area contributed by atoms with Gasteiger partial charge in [0.25, 0.3) is 11.6 Å². The smallest absolute Gasteiger partial charge is 0.296 e. The number of methoxy groups -OCH3 is 1. The monoisotopic (exact) mass is 443 g/mol. The number of nitrogens with zero attached hydrogens (tertiary/aromatic N) is 2. The van der Waals surface area contributed by atoms with Crippen LogP contribution in [-0.2, 0) is 0 Å². The lowest BCUT2D eigenvalue weighted by atomic mass is 10.0. The minimum Gasteiger partial charge on any atom is -0.496 e. The molecule has 0 bridgehead atoms. The summed E-state index contributed by atoms with van der Waals surface area (Å²) >= 11 is 0. The maximum absolute atomic E-state index is 13.3. The number of hydrogen-bond donors (Lipinski definition) is 1. The highest BCUT2D eigenvalue weighted by Gasteiger charge is 2.21. The molecule has 0 saturated heterocycles. The Labute approximate surface area is 189 Å². The molecule has 4 aromatic rings. The molecule has 33 heavy (non-hydrogen) atoms. The van der Waals surface area contributed by atoms with Crippen LogP contribution < -0.4 is 14.8 Å². The van der Waals surface area contributed by atoms with Crippen molar-refractivity contribution in [3.63, 3.8) is 0 Å². The lowest BCUT2D eigenvalue weighted by Crippen LogP contribution is -2.14. The number of carbonyl (C=O) groups excluding carboxylic acids is 1. The van der Waals surface area contributed by atoms with Gasteiger partial charge in [-0.1, -0.05) is 30.3 Å². The van der Waals surface area contributed by atoms with Crippen LogP contribution in [0, 0.1) is 10.1 Å². The van der Waals surface area contributed by atoms with Crippen molar-refractivity contribution in [1.82, 2.24) is 4.98 Å². The standard InChI is InChI=1S/C25H21N3O5/c1-3-33-24-11-7-5-9-18(24)22-15-19(17-8-4-6-10-20(17)26-22)25(29)27-21-13-12-16(32-2)14-23(21)28(30)31/h4-15H,3H2,1-2H3,(H,27,29). The van der Waals surface area contributed by atoms with E-state index in [9.17, 15) is 14.9 Å². The molecule has 1 heterocycles. The predicted molar refractivity (Wildman–Crippen MR) is 126 cm³/mol. The number of hydrogen-bond acceptors (Lipinski definition) is 6. The van der Waals surface area contributed by atoms with Gasteiger partial charge in [0, 0.05) is 10.9 Å². The minimum atomic E-state index is -0.563. The van der Waals surface area contributed by atoms with Gasteiger partial charge in [-0.05, 0) is 43.3 Å². The third-order valence-corrected chi connectivity index (χ3v) is 5.07. The molecular weight excluding hydrogens is 422 g/mol. The summed E-state index contributed by atoms with van der Waals surface area (Å²) in [7, 11) is 1.42. The van der Waals surface area contributed by atoms with Gasteiger partial charge in [-0.2, -0.15) is 0 Å². The Balaban J connectivity index is 1.81. The third-order valence-electron chi connectivity index (χ3n) is 5.07. The average molecular weight is 443 g/mol. The minimum absolute atomic E-state index is 0.0722. The van der Waals surface area contributed by atoms with Crippen LogP contribution in [-0.4, -0.2) is 29.5 Å². The number of amides is 1. The van der Waals surface area contributed by atoms with Crippen molar-refractivity contribution in [3.05, 3.63) is 88.5 Å². The summed E-state index contributed by atoms with van der Waals surface area (Å²) in [5.41, 5.74) is 2.08. The summed E-state index contributed by atoms with van der Waals surface area (Å²) in [5, 5.41) is 14.8. The number of aromatic nitrogens is 1. The number of rotatable bonds is 7. The van der Waals surface area contributed by atoms with Gasteiger partial charge in [0.05, 0.1) is 41.5 Å². The molecule has 8 nitrogen and oxygen atoms in total. The number of benzene rings is 3. The number of nitrogens with one attached hydrogen (secondary N) is 1. The molecule has 0 atom stereocenters. The van der Waals surface area contributed by atoms with E-state index in [1.807, 2.05) is 49.4 Å². The number of fused-ring (bicyclic) bond motifs is 1. The Morgan fingerprint density at radius 3 is 2.58 bits per heavy atom. The highest BCUT2D eigenvalue weighted by atomic mass is 16.6. The zero-order valence-corrected chi connectivity index (χ0v) is 18.1. The van der Waals surface area contributed by atoms with E-state index in [0.717, 1.165) is 5.56 Å². The number of anilines is 1. The maximum atomic E-state index is 13.3. The van der Waals surface area contributed by atoms with E-state index < -0.39 is 10.8 Å². The second-order valence-electron chi connectivity index (χ2n) is 7.10. The van der Waals surface area contributed by atoms with Gasteiger partial charge in [-0.15, -0.1) is 0 Å². The number of carbonyl (C=O) groups is 1. The van der Waals surface area contributed by atoms with Crippen molar-refractivity contribution in [2.45, 2.75) is 6.92 Å². The summed E-state index contributed by atoms with van der Waals surface area (Å²) in [5.74, 6) is 0.487. The van der Waals surface area contributed by atoms with Crippen molar-refractivity contribution in [2.75, 3.05) is 19.0 Å². The van der Waals surface area contributed by atoms with Crippen molar-refractivity contribution in [2.24, 2.45) is 0 Å². The molecule has 0 saturated carbocycles. The average Bonchev–Trinajstić information content (AvgIpc) is 2.84. The van der Waals surface area contributed by atoms with E-state index in [1.54, 1.807) is 18.2 Å². The van der Waals surface area contributed by atoms with Crippen LogP contribution in [0.1, 0.15) is 17.3 Å². The fraction of sp³-hybridized carbons (Fsp3) is 0.120. The second kappa shape index (κ2) is 9.35. The van der Waals surface area contributed by atoms with Gasteiger partial charge in [0.1, 0.15) is 17.2 Å². The molecule has 1 amide bonds. The van der Waals surface area contributed by atoms with Gasteiger partial charge in [-0.25, -0.2) is 4.98 Å². The van der Waals surface area contributed by atoms with Gasteiger partial charge in [0.15, 0.2) is 0 Å². The van der Waals surface area contributed by atoms with Gasteiger partial charge in [-0.3, -0.25) is 14.9 Å². The molecular formula is C25H21N3O5. The van der Waals surface area contributed by atoms with Crippen LogP contribution in [0.2, 0.25) is 0 Å². The maximum Gasteiger partial charge on any atom is 0.296 e. The van der Waals surface area contributed by atoms with Gasteiger partial charge < -0.3 is 14.8 Å². The highest BCUT2D eigenvalue weighted by molar-refractivity contribution is 6.13. The Hall–Kier alpha value is -4.46. The second-order valence-corrected chi connectivity index (χ2v) is 7.10. The number of nitro benzene ring substituents is 1. The quantitative estimate of drug-likeness (QED) is 0.300. The molecule has 0 fully saturated rings. The highest BCUT2D eigenvalue weighted by Crippen LogP contribution is 2.33. The van der Waals surface area contributed by atoms with Gasteiger partial charge >= 0.3 is 0 Å². The van der Waals surface area contributed by atoms with Crippen LogP contribution in [0.3, 0.4) is 0 Å². The Morgan fingerprint density at radius 1 is 1.06 bits per heavy atom.